The predicted molar refractivity (Wildman–Crippen MR) is 91.2 cm³/mol. The molecule has 0 atom stereocenters. The van der Waals surface area contributed by atoms with Crippen LogP contribution in [0.4, 0.5) is 5.95 Å². The number of hydrogen-bond donors (Lipinski definition) is 1. The summed E-state index contributed by atoms with van der Waals surface area (Å²) < 4.78 is 1.54. The average Bonchev–Trinajstić information content (AvgIpc) is 3.01. The molecule has 1 aromatic heterocycles. The molecule has 3 aromatic rings. The maximum Gasteiger partial charge on any atom is 0.240 e. The molecular formula is C17H18N6O. The second-order valence-electron chi connectivity index (χ2n) is 5.33. The topological polar surface area (TPSA) is 91.2 Å². The standard InChI is InChI=1S/C17H18N6O/c1-13(20-24-12-15-5-3-2-4-6-15)16-9-7-14(8-10-16)11-23-17(18)19-21-22-23/h2-10H,11-12H2,1H3,(H2,18,19,22). The van der Waals surface area contributed by atoms with Crippen LogP contribution in [0.1, 0.15) is 23.6 Å². The van der Waals surface area contributed by atoms with Crippen molar-refractivity contribution in [2.24, 2.45) is 5.16 Å². The maximum absolute atomic E-state index is 5.66. The Bertz CT molecular complexity index is 811. The Labute approximate surface area is 139 Å². The van der Waals surface area contributed by atoms with Crippen molar-refractivity contribution in [1.29, 1.82) is 0 Å². The van der Waals surface area contributed by atoms with Gasteiger partial charge in [-0.05, 0) is 34.0 Å². The molecule has 0 amide bonds. The SMILES string of the molecule is CC(=NOCc1ccccc1)c1ccc(Cn2nnnc2N)cc1. The quantitative estimate of drug-likeness (QED) is 0.555. The molecule has 0 fully saturated rings. The summed E-state index contributed by atoms with van der Waals surface area (Å²) in [7, 11) is 0. The lowest BCUT2D eigenvalue weighted by Gasteiger charge is -2.05. The minimum Gasteiger partial charge on any atom is -0.391 e. The Kier molecular flexibility index (Phi) is 4.81. The van der Waals surface area contributed by atoms with Crippen molar-refractivity contribution in [3.05, 3.63) is 71.3 Å². The zero-order valence-electron chi connectivity index (χ0n) is 13.3. The van der Waals surface area contributed by atoms with Gasteiger partial charge in [0.15, 0.2) is 0 Å². The fraction of sp³-hybridized carbons (Fsp3) is 0.176. The highest BCUT2D eigenvalue weighted by Crippen LogP contribution is 2.09. The largest absolute Gasteiger partial charge is 0.391 e. The van der Waals surface area contributed by atoms with Crippen LogP contribution in [0.25, 0.3) is 0 Å². The van der Waals surface area contributed by atoms with Gasteiger partial charge in [0, 0.05) is 0 Å². The van der Waals surface area contributed by atoms with Gasteiger partial charge in [-0.25, -0.2) is 4.68 Å². The van der Waals surface area contributed by atoms with E-state index in [4.69, 9.17) is 10.6 Å². The number of nitrogens with zero attached hydrogens (tertiary/aromatic N) is 5. The van der Waals surface area contributed by atoms with Gasteiger partial charge in [-0.15, -0.1) is 0 Å². The first-order valence-electron chi connectivity index (χ1n) is 7.54. The molecule has 0 bridgehead atoms. The lowest BCUT2D eigenvalue weighted by molar-refractivity contribution is 0.130. The first kappa shape index (κ1) is 15.7. The van der Waals surface area contributed by atoms with Crippen molar-refractivity contribution in [2.45, 2.75) is 20.1 Å². The van der Waals surface area contributed by atoms with E-state index >= 15 is 0 Å². The third-order valence-corrected chi connectivity index (χ3v) is 3.54. The summed E-state index contributed by atoms with van der Waals surface area (Å²) in [5, 5.41) is 15.2. The Morgan fingerprint density at radius 3 is 2.50 bits per heavy atom. The van der Waals surface area contributed by atoms with Gasteiger partial charge in [-0.1, -0.05) is 64.9 Å². The zero-order valence-corrected chi connectivity index (χ0v) is 13.3. The first-order valence-corrected chi connectivity index (χ1v) is 7.54. The summed E-state index contributed by atoms with van der Waals surface area (Å²) in [5.74, 6) is 0.297. The van der Waals surface area contributed by atoms with Crippen LogP contribution in [0.2, 0.25) is 0 Å². The number of anilines is 1. The fourth-order valence-electron chi connectivity index (χ4n) is 2.18. The molecule has 7 nitrogen and oxygen atoms in total. The molecule has 1 heterocycles. The first-order chi connectivity index (χ1) is 11.7. The molecule has 2 N–H and O–H groups in total. The number of nitrogen functional groups attached to an aromatic ring is 1. The van der Waals surface area contributed by atoms with Gasteiger partial charge >= 0.3 is 0 Å². The van der Waals surface area contributed by atoms with Crippen LogP contribution in [0.15, 0.2) is 59.8 Å². The molecule has 0 saturated heterocycles. The molecule has 7 heteroatoms. The van der Waals surface area contributed by atoms with Crippen LogP contribution < -0.4 is 5.73 Å². The molecule has 3 rings (SSSR count). The van der Waals surface area contributed by atoms with Crippen molar-refractivity contribution in [3.8, 4) is 0 Å². The van der Waals surface area contributed by atoms with Crippen molar-refractivity contribution in [1.82, 2.24) is 20.2 Å². The van der Waals surface area contributed by atoms with Gasteiger partial charge in [0.2, 0.25) is 5.95 Å². The van der Waals surface area contributed by atoms with Crippen LogP contribution in [0.5, 0.6) is 0 Å². The Morgan fingerprint density at radius 1 is 1.08 bits per heavy atom. The Balaban J connectivity index is 1.60. The van der Waals surface area contributed by atoms with Crippen LogP contribution >= 0.6 is 0 Å². The van der Waals surface area contributed by atoms with E-state index in [1.165, 1.54) is 0 Å². The third kappa shape index (κ3) is 3.95. The second kappa shape index (κ2) is 7.36. The normalized spacial score (nSPS) is 11.5. The van der Waals surface area contributed by atoms with Crippen molar-refractivity contribution in [3.63, 3.8) is 0 Å². The van der Waals surface area contributed by atoms with Crippen LogP contribution in [-0.2, 0) is 18.0 Å². The molecule has 0 aliphatic carbocycles. The molecule has 0 aliphatic heterocycles. The molecule has 2 aromatic carbocycles. The van der Waals surface area contributed by atoms with E-state index in [1.54, 1.807) is 4.68 Å². The van der Waals surface area contributed by atoms with E-state index in [1.807, 2.05) is 61.5 Å². The van der Waals surface area contributed by atoms with Crippen LogP contribution in [0, 0.1) is 0 Å². The van der Waals surface area contributed by atoms with E-state index in [0.29, 0.717) is 19.1 Å². The summed E-state index contributed by atoms with van der Waals surface area (Å²) >= 11 is 0. The van der Waals surface area contributed by atoms with Gasteiger partial charge in [0.05, 0.1) is 12.3 Å². The molecule has 0 saturated carbocycles. The number of oxime groups is 1. The van der Waals surface area contributed by atoms with E-state index < -0.39 is 0 Å². The molecule has 0 radical (unpaired) electrons. The summed E-state index contributed by atoms with van der Waals surface area (Å²) in [6.45, 7) is 2.90. The maximum atomic E-state index is 5.66. The number of tetrazole rings is 1. The molecular weight excluding hydrogens is 304 g/mol. The highest BCUT2D eigenvalue weighted by molar-refractivity contribution is 5.98. The molecule has 0 unspecified atom stereocenters. The molecule has 0 aliphatic rings. The highest BCUT2D eigenvalue weighted by Gasteiger charge is 2.04. The van der Waals surface area contributed by atoms with E-state index in [-0.39, 0.29) is 0 Å². The third-order valence-electron chi connectivity index (χ3n) is 3.54. The van der Waals surface area contributed by atoms with Gasteiger partial charge in [-0.2, -0.15) is 0 Å². The van der Waals surface area contributed by atoms with E-state index in [2.05, 4.69) is 20.7 Å². The van der Waals surface area contributed by atoms with Crippen molar-refractivity contribution >= 4 is 11.7 Å². The summed E-state index contributed by atoms with van der Waals surface area (Å²) in [4.78, 5) is 5.41. The monoisotopic (exact) mass is 322 g/mol. The van der Waals surface area contributed by atoms with Crippen molar-refractivity contribution in [2.75, 3.05) is 5.73 Å². The zero-order chi connectivity index (χ0) is 16.8. The van der Waals surface area contributed by atoms with Crippen molar-refractivity contribution < 1.29 is 4.84 Å². The van der Waals surface area contributed by atoms with E-state index in [0.717, 1.165) is 22.4 Å². The fourth-order valence-corrected chi connectivity index (χ4v) is 2.18. The van der Waals surface area contributed by atoms with Gasteiger partial charge in [0.1, 0.15) is 6.61 Å². The Hall–Kier alpha value is -3.22. The number of aromatic nitrogens is 4. The van der Waals surface area contributed by atoms with Gasteiger partial charge in [-0.3, -0.25) is 0 Å². The summed E-state index contributed by atoms with van der Waals surface area (Å²) in [6, 6.07) is 17.9. The van der Waals surface area contributed by atoms with Gasteiger partial charge < -0.3 is 10.6 Å². The molecule has 122 valence electrons. The molecule has 0 spiro atoms. The smallest absolute Gasteiger partial charge is 0.240 e. The minimum absolute atomic E-state index is 0.297. The predicted octanol–water partition coefficient (Wildman–Crippen LogP) is 2.24. The lowest BCUT2D eigenvalue weighted by Crippen LogP contribution is -2.06. The number of hydrogen-bond acceptors (Lipinski definition) is 6. The van der Waals surface area contributed by atoms with Crippen LogP contribution in [-0.4, -0.2) is 25.9 Å². The Morgan fingerprint density at radius 2 is 1.83 bits per heavy atom. The summed E-state index contributed by atoms with van der Waals surface area (Å²) in [5.41, 5.74) is 9.61. The molecule has 24 heavy (non-hydrogen) atoms. The summed E-state index contributed by atoms with van der Waals surface area (Å²) in [6.07, 6.45) is 0. The van der Waals surface area contributed by atoms with E-state index in [9.17, 15) is 0 Å². The number of nitrogens with two attached hydrogens (primary N) is 1. The number of rotatable bonds is 6. The number of benzene rings is 2. The minimum atomic E-state index is 0.297. The average molecular weight is 322 g/mol. The van der Waals surface area contributed by atoms with Gasteiger partial charge in [0.25, 0.3) is 0 Å². The lowest BCUT2D eigenvalue weighted by atomic mass is 10.1. The van der Waals surface area contributed by atoms with Crippen LogP contribution in [0.3, 0.4) is 0 Å². The second-order valence-corrected chi connectivity index (χ2v) is 5.33. The highest BCUT2D eigenvalue weighted by atomic mass is 16.6.